The summed E-state index contributed by atoms with van der Waals surface area (Å²) in [5, 5.41) is 12.3. The van der Waals surface area contributed by atoms with Gasteiger partial charge in [-0.3, -0.25) is 0 Å². The van der Waals surface area contributed by atoms with E-state index in [4.69, 9.17) is 9.84 Å². The fourth-order valence-electron chi connectivity index (χ4n) is 1.42. The van der Waals surface area contributed by atoms with Gasteiger partial charge >= 0.3 is 6.18 Å². The van der Waals surface area contributed by atoms with Crippen molar-refractivity contribution in [1.29, 1.82) is 0 Å². The van der Waals surface area contributed by atoms with Crippen LogP contribution in [0.1, 0.15) is 11.3 Å². The lowest BCUT2D eigenvalue weighted by Gasteiger charge is -2.15. The van der Waals surface area contributed by atoms with E-state index < -0.39 is 26.6 Å². The molecule has 0 aliphatic heterocycles. The molecule has 1 rings (SSSR count). The first-order valence-electron chi connectivity index (χ1n) is 5.95. The maximum Gasteiger partial charge on any atom is 0.435 e. The Balaban J connectivity index is 2.58. The molecule has 0 atom stereocenters. The van der Waals surface area contributed by atoms with E-state index in [-0.39, 0.29) is 12.3 Å². The van der Waals surface area contributed by atoms with E-state index in [0.29, 0.717) is 6.61 Å². The van der Waals surface area contributed by atoms with Crippen LogP contribution in [0.15, 0.2) is 6.20 Å². The van der Waals surface area contributed by atoms with Gasteiger partial charge in [0.15, 0.2) is 5.69 Å². The zero-order valence-corrected chi connectivity index (χ0v) is 12.3. The number of alkyl halides is 3. The molecule has 0 unspecified atom stereocenters. The van der Waals surface area contributed by atoms with Crippen LogP contribution in [0.25, 0.3) is 0 Å². The number of halogens is 3. The van der Waals surface area contributed by atoms with Gasteiger partial charge in [-0.2, -0.15) is 18.3 Å². The first kappa shape index (κ1) is 16.2. The average molecular weight is 296 g/mol. The molecule has 1 heterocycles. The van der Waals surface area contributed by atoms with Gasteiger partial charge in [-0.1, -0.05) is 19.6 Å². The molecule has 0 amide bonds. The monoisotopic (exact) mass is 296 g/mol. The van der Waals surface area contributed by atoms with Crippen molar-refractivity contribution in [2.45, 2.75) is 45.2 Å². The van der Waals surface area contributed by atoms with Crippen LogP contribution in [-0.4, -0.2) is 29.6 Å². The normalized spacial score (nSPS) is 13.0. The summed E-state index contributed by atoms with van der Waals surface area (Å²) in [6, 6.07) is 0.938. The molecule has 1 aromatic rings. The summed E-state index contributed by atoms with van der Waals surface area (Å²) >= 11 is 0. The van der Waals surface area contributed by atoms with Crippen molar-refractivity contribution >= 4 is 8.07 Å². The third-order valence-corrected chi connectivity index (χ3v) is 4.20. The highest BCUT2D eigenvalue weighted by atomic mass is 28.3. The van der Waals surface area contributed by atoms with Crippen LogP contribution in [0.3, 0.4) is 0 Å². The SMILES string of the molecule is C[Si](C)(C)CCOCn1cc(CO)c(C(F)(F)F)n1. The Morgan fingerprint density at radius 2 is 2.00 bits per heavy atom. The molecular weight excluding hydrogens is 277 g/mol. The summed E-state index contributed by atoms with van der Waals surface area (Å²) < 4.78 is 44.1. The predicted molar refractivity (Wildman–Crippen MR) is 67.3 cm³/mol. The second-order valence-electron chi connectivity index (χ2n) is 5.55. The molecule has 0 saturated heterocycles. The van der Waals surface area contributed by atoms with E-state index in [1.54, 1.807) is 0 Å². The van der Waals surface area contributed by atoms with Crippen molar-refractivity contribution in [1.82, 2.24) is 9.78 Å². The summed E-state index contributed by atoms with van der Waals surface area (Å²) in [4.78, 5) is 0. The Hall–Kier alpha value is -0.863. The minimum absolute atomic E-state index is 0.0342. The molecule has 0 saturated carbocycles. The van der Waals surface area contributed by atoms with E-state index in [9.17, 15) is 13.2 Å². The van der Waals surface area contributed by atoms with Gasteiger partial charge in [-0.25, -0.2) is 4.68 Å². The van der Waals surface area contributed by atoms with Gasteiger partial charge in [0, 0.05) is 26.4 Å². The standard InChI is InChI=1S/C11H19F3N2O2Si/c1-19(2,3)5-4-18-8-16-6-9(7-17)10(15-16)11(12,13)14/h6,17H,4-5,7-8H2,1-3H3. The number of aliphatic hydroxyl groups is 1. The van der Waals surface area contributed by atoms with Gasteiger partial charge in [0.2, 0.25) is 0 Å². The number of nitrogens with zero attached hydrogens (tertiary/aromatic N) is 2. The highest BCUT2D eigenvalue weighted by Gasteiger charge is 2.36. The zero-order chi connectivity index (χ0) is 14.7. The molecule has 0 aromatic carbocycles. The van der Waals surface area contributed by atoms with Crippen molar-refractivity contribution in [2.24, 2.45) is 0 Å². The van der Waals surface area contributed by atoms with Crippen molar-refractivity contribution in [2.75, 3.05) is 6.61 Å². The molecule has 1 aromatic heterocycles. The van der Waals surface area contributed by atoms with E-state index in [1.807, 2.05) is 0 Å². The van der Waals surface area contributed by atoms with Gasteiger partial charge in [0.1, 0.15) is 6.73 Å². The highest BCUT2D eigenvalue weighted by Crippen LogP contribution is 2.30. The Labute approximate surface area is 111 Å². The minimum Gasteiger partial charge on any atom is -0.392 e. The third-order valence-electron chi connectivity index (χ3n) is 2.50. The van der Waals surface area contributed by atoms with Gasteiger partial charge in [-0.05, 0) is 6.04 Å². The van der Waals surface area contributed by atoms with Crippen LogP contribution in [0.2, 0.25) is 25.7 Å². The number of aromatic nitrogens is 2. The van der Waals surface area contributed by atoms with Gasteiger partial charge in [0.05, 0.1) is 6.61 Å². The molecule has 0 aliphatic rings. The fraction of sp³-hybridized carbons (Fsp3) is 0.727. The van der Waals surface area contributed by atoms with Gasteiger partial charge in [-0.15, -0.1) is 0 Å². The fourth-order valence-corrected chi connectivity index (χ4v) is 2.18. The summed E-state index contributed by atoms with van der Waals surface area (Å²) in [6.07, 6.45) is -3.39. The lowest BCUT2D eigenvalue weighted by molar-refractivity contribution is -0.142. The molecular formula is C11H19F3N2O2Si. The van der Waals surface area contributed by atoms with Crippen LogP contribution in [0.4, 0.5) is 13.2 Å². The summed E-state index contributed by atoms with van der Waals surface area (Å²) in [6.45, 7) is 6.35. The molecule has 110 valence electrons. The minimum atomic E-state index is -4.55. The molecule has 4 nitrogen and oxygen atoms in total. The van der Waals surface area contributed by atoms with Crippen LogP contribution in [0.5, 0.6) is 0 Å². The van der Waals surface area contributed by atoms with Crippen molar-refractivity contribution in [3.63, 3.8) is 0 Å². The Kier molecular flexibility index (Phi) is 5.16. The second kappa shape index (κ2) is 6.06. The van der Waals surface area contributed by atoms with Crippen molar-refractivity contribution < 1.29 is 23.0 Å². The number of ether oxygens (including phenoxy) is 1. The molecule has 1 N–H and O–H groups in total. The Morgan fingerprint density at radius 1 is 1.37 bits per heavy atom. The van der Waals surface area contributed by atoms with Gasteiger partial charge < -0.3 is 9.84 Å². The van der Waals surface area contributed by atoms with Crippen LogP contribution < -0.4 is 0 Å². The first-order valence-corrected chi connectivity index (χ1v) is 9.66. The van der Waals surface area contributed by atoms with E-state index in [0.717, 1.165) is 16.9 Å². The van der Waals surface area contributed by atoms with E-state index in [1.165, 1.54) is 0 Å². The smallest absolute Gasteiger partial charge is 0.392 e. The quantitative estimate of drug-likeness (QED) is 0.648. The van der Waals surface area contributed by atoms with Crippen LogP contribution >= 0.6 is 0 Å². The number of rotatable bonds is 6. The van der Waals surface area contributed by atoms with Crippen LogP contribution in [-0.2, 0) is 24.3 Å². The Morgan fingerprint density at radius 3 is 2.42 bits per heavy atom. The largest absolute Gasteiger partial charge is 0.435 e. The summed E-state index contributed by atoms with van der Waals surface area (Å²) in [7, 11) is -1.21. The Bertz CT molecular complexity index is 413. The second-order valence-corrected chi connectivity index (χ2v) is 11.2. The van der Waals surface area contributed by atoms with E-state index >= 15 is 0 Å². The lowest BCUT2D eigenvalue weighted by atomic mass is 10.2. The molecule has 0 fully saturated rings. The van der Waals surface area contributed by atoms with E-state index in [2.05, 4.69) is 24.7 Å². The topological polar surface area (TPSA) is 47.3 Å². The van der Waals surface area contributed by atoms with Crippen molar-refractivity contribution in [3.05, 3.63) is 17.5 Å². The summed E-state index contributed by atoms with van der Waals surface area (Å²) in [5.41, 5.74) is -1.29. The first-order chi connectivity index (χ1) is 8.63. The number of hydrogen-bond donors (Lipinski definition) is 1. The van der Waals surface area contributed by atoms with Gasteiger partial charge in [0.25, 0.3) is 0 Å². The molecule has 0 radical (unpaired) electrons. The summed E-state index contributed by atoms with van der Waals surface area (Å²) in [5.74, 6) is 0. The molecule has 19 heavy (non-hydrogen) atoms. The third kappa shape index (κ3) is 5.33. The zero-order valence-electron chi connectivity index (χ0n) is 11.3. The predicted octanol–water partition coefficient (Wildman–Crippen LogP) is 2.71. The number of aliphatic hydroxyl groups excluding tert-OH is 1. The highest BCUT2D eigenvalue weighted by molar-refractivity contribution is 6.76. The maximum absolute atomic E-state index is 12.6. The average Bonchev–Trinajstić information content (AvgIpc) is 2.66. The van der Waals surface area contributed by atoms with Crippen LogP contribution in [0, 0.1) is 0 Å². The molecule has 0 bridgehead atoms. The number of hydrogen-bond acceptors (Lipinski definition) is 3. The lowest BCUT2D eigenvalue weighted by Crippen LogP contribution is -2.22. The molecule has 8 heteroatoms. The maximum atomic E-state index is 12.6. The molecule has 0 aliphatic carbocycles. The van der Waals surface area contributed by atoms with Crippen molar-refractivity contribution in [3.8, 4) is 0 Å². The molecule has 0 spiro atoms.